The van der Waals surface area contributed by atoms with Gasteiger partial charge < -0.3 is 14.2 Å². The summed E-state index contributed by atoms with van der Waals surface area (Å²) in [7, 11) is 0. The number of hydrogen-bond donors (Lipinski definition) is 0. The third kappa shape index (κ3) is 3.62. The zero-order valence-electron chi connectivity index (χ0n) is 14.0. The number of furan rings is 1. The number of carbonyl (C=O) groups excluding carboxylic acids is 1. The van der Waals surface area contributed by atoms with Gasteiger partial charge in [-0.15, -0.1) is 0 Å². The van der Waals surface area contributed by atoms with Crippen LogP contribution in [0.5, 0.6) is 0 Å². The van der Waals surface area contributed by atoms with Crippen LogP contribution in [0.25, 0.3) is 0 Å². The molecule has 4 heterocycles. The summed E-state index contributed by atoms with van der Waals surface area (Å²) in [5.41, 5.74) is 0. The molecule has 8 nitrogen and oxygen atoms in total. The Morgan fingerprint density at radius 3 is 2.69 bits per heavy atom. The number of halogens is 1. The third-order valence-electron chi connectivity index (χ3n) is 4.23. The minimum absolute atomic E-state index is 0.0864. The second-order valence-electron chi connectivity index (χ2n) is 5.96. The Labute approximate surface area is 158 Å². The first-order valence-corrected chi connectivity index (χ1v) is 9.05. The fourth-order valence-corrected chi connectivity index (χ4v) is 3.24. The number of hydrogen-bond acceptors (Lipinski definition) is 6. The van der Waals surface area contributed by atoms with Crippen molar-refractivity contribution < 1.29 is 9.21 Å². The van der Waals surface area contributed by atoms with E-state index >= 15 is 0 Å². The minimum Gasteiger partial charge on any atom is -0.454 e. The molecule has 0 atom stereocenters. The van der Waals surface area contributed by atoms with Gasteiger partial charge in [0.1, 0.15) is 11.6 Å². The van der Waals surface area contributed by atoms with Crippen LogP contribution in [0, 0.1) is 0 Å². The van der Waals surface area contributed by atoms with Crippen molar-refractivity contribution in [1.29, 1.82) is 0 Å². The van der Waals surface area contributed by atoms with Gasteiger partial charge in [-0.1, -0.05) is 0 Å². The van der Waals surface area contributed by atoms with Crippen molar-refractivity contribution >= 4 is 27.7 Å². The molecule has 134 valence electrons. The number of aromatic nitrogens is 4. The van der Waals surface area contributed by atoms with Gasteiger partial charge in [0.05, 0.1) is 23.4 Å². The fraction of sp³-hybridized carbons (Fsp3) is 0.294. The van der Waals surface area contributed by atoms with Crippen molar-refractivity contribution in [3.05, 3.63) is 59.1 Å². The summed E-state index contributed by atoms with van der Waals surface area (Å²) in [6.07, 6.45) is 8.64. The normalized spacial score (nSPS) is 14.7. The molecule has 1 aliphatic heterocycles. The van der Waals surface area contributed by atoms with E-state index in [1.54, 1.807) is 40.4 Å². The van der Waals surface area contributed by atoms with E-state index in [0.29, 0.717) is 31.2 Å². The van der Waals surface area contributed by atoms with Crippen LogP contribution in [0.2, 0.25) is 0 Å². The first kappa shape index (κ1) is 16.8. The van der Waals surface area contributed by atoms with Crippen LogP contribution in [0.15, 0.2) is 52.0 Å². The smallest absolute Gasteiger partial charge is 0.289 e. The maximum atomic E-state index is 12.7. The Bertz CT molecular complexity index is 886. The van der Waals surface area contributed by atoms with Crippen LogP contribution >= 0.6 is 15.9 Å². The second kappa shape index (κ2) is 7.28. The van der Waals surface area contributed by atoms with E-state index in [0.717, 1.165) is 23.4 Å². The average molecular weight is 417 g/mol. The molecule has 4 rings (SSSR count). The molecule has 0 unspecified atom stereocenters. The van der Waals surface area contributed by atoms with Gasteiger partial charge in [-0.2, -0.15) is 5.10 Å². The summed E-state index contributed by atoms with van der Waals surface area (Å²) in [4.78, 5) is 25.0. The highest BCUT2D eigenvalue weighted by molar-refractivity contribution is 9.10. The van der Waals surface area contributed by atoms with Crippen molar-refractivity contribution in [3.8, 4) is 0 Å². The van der Waals surface area contributed by atoms with E-state index in [2.05, 4.69) is 35.9 Å². The predicted octanol–water partition coefficient (Wildman–Crippen LogP) is 2.04. The lowest BCUT2D eigenvalue weighted by molar-refractivity contribution is 0.0712. The van der Waals surface area contributed by atoms with Crippen molar-refractivity contribution in [1.82, 2.24) is 24.6 Å². The van der Waals surface area contributed by atoms with E-state index in [1.807, 2.05) is 12.3 Å². The summed E-state index contributed by atoms with van der Waals surface area (Å²) in [6, 6.07) is 3.55. The summed E-state index contributed by atoms with van der Waals surface area (Å²) < 4.78 is 8.37. The SMILES string of the molecule is O=C(c1ccc(Cn2cc(Br)cn2)o1)N1CCN(c2cnccn2)CC1. The molecule has 1 aliphatic rings. The Morgan fingerprint density at radius 2 is 2.00 bits per heavy atom. The summed E-state index contributed by atoms with van der Waals surface area (Å²) in [6.45, 7) is 3.17. The van der Waals surface area contributed by atoms with Gasteiger partial charge in [-0.3, -0.25) is 14.5 Å². The largest absolute Gasteiger partial charge is 0.454 e. The Hall–Kier alpha value is -2.68. The molecule has 0 aromatic carbocycles. The highest BCUT2D eigenvalue weighted by Gasteiger charge is 2.25. The summed E-state index contributed by atoms with van der Waals surface area (Å²) in [5.74, 6) is 1.81. The van der Waals surface area contributed by atoms with Gasteiger partial charge in [0.25, 0.3) is 5.91 Å². The van der Waals surface area contributed by atoms with Crippen molar-refractivity contribution in [2.24, 2.45) is 0 Å². The summed E-state index contributed by atoms with van der Waals surface area (Å²) >= 11 is 3.36. The molecular formula is C17H17BrN6O2. The van der Waals surface area contributed by atoms with Crippen LogP contribution in [-0.4, -0.2) is 56.7 Å². The predicted molar refractivity (Wildman–Crippen MR) is 97.9 cm³/mol. The number of anilines is 1. The van der Waals surface area contributed by atoms with Crippen molar-refractivity contribution in [3.63, 3.8) is 0 Å². The maximum absolute atomic E-state index is 12.7. The lowest BCUT2D eigenvalue weighted by atomic mass is 10.3. The second-order valence-corrected chi connectivity index (χ2v) is 6.88. The Kier molecular flexibility index (Phi) is 4.70. The van der Waals surface area contributed by atoms with Gasteiger partial charge in [-0.25, -0.2) is 4.98 Å². The number of nitrogens with zero attached hydrogens (tertiary/aromatic N) is 6. The molecular weight excluding hydrogens is 400 g/mol. The Morgan fingerprint density at radius 1 is 1.15 bits per heavy atom. The molecule has 0 saturated carbocycles. The van der Waals surface area contributed by atoms with Crippen LogP contribution in [-0.2, 0) is 6.54 Å². The molecule has 1 fully saturated rings. The van der Waals surface area contributed by atoms with Gasteiger partial charge in [-0.05, 0) is 28.1 Å². The van der Waals surface area contributed by atoms with Crippen LogP contribution < -0.4 is 4.90 Å². The molecule has 1 saturated heterocycles. The van der Waals surface area contributed by atoms with Crippen molar-refractivity contribution in [2.45, 2.75) is 6.54 Å². The zero-order valence-corrected chi connectivity index (χ0v) is 15.5. The van der Waals surface area contributed by atoms with E-state index in [1.165, 1.54) is 0 Å². The first-order valence-electron chi connectivity index (χ1n) is 8.26. The van der Waals surface area contributed by atoms with Gasteiger partial charge >= 0.3 is 0 Å². The standard InChI is InChI=1S/C17H17BrN6O2/c18-13-9-21-24(11-13)12-14-1-2-15(26-14)17(25)23-7-5-22(6-8-23)16-10-19-3-4-20-16/h1-4,9-11H,5-8,12H2. The molecule has 3 aromatic heterocycles. The van der Waals surface area contributed by atoms with Crippen LogP contribution in [0.1, 0.15) is 16.3 Å². The van der Waals surface area contributed by atoms with E-state index in [4.69, 9.17) is 4.42 Å². The lowest BCUT2D eigenvalue weighted by Gasteiger charge is -2.34. The molecule has 0 radical (unpaired) electrons. The van der Waals surface area contributed by atoms with Crippen LogP contribution in [0.3, 0.4) is 0 Å². The molecule has 1 amide bonds. The zero-order chi connectivity index (χ0) is 17.9. The fourth-order valence-electron chi connectivity index (χ4n) is 2.91. The van der Waals surface area contributed by atoms with Crippen LogP contribution in [0.4, 0.5) is 5.82 Å². The molecule has 9 heteroatoms. The molecule has 0 bridgehead atoms. The van der Waals surface area contributed by atoms with E-state index < -0.39 is 0 Å². The molecule has 0 N–H and O–H groups in total. The number of amides is 1. The summed E-state index contributed by atoms with van der Waals surface area (Å²) in [5, 5.41) is 4.19. The molecule has 3 aromatic rings. The number of rotatable bonds is 4. The third-order valence-corrected chi connectivity index (χ3v) is 4.64. The highest BCUT2D eigenvalue weighted by Crippen LogP contribution is 2.16. The van der Waals surface area contributed by atoms with Gasteiger partial charge in [0.15, 0.2) is 5.76 Å². The lowest BCUT2D eigenvalue weighted by Crippen LogP contribution is -2.49. The quantitative estimate of drug-likeness (QED) is 0.647. The first-order chi connectivity index (χ1) is 12.7. The monoisotopic (exact) mass is 416 g/mol. The molecule has 0 spiro atoms. The van der Waals surface area contributed by atoms with Gasteiger partial charge in [0, 0.05) is 44.8 Å². The van der Waals surface area contributed by atoms with E-state index in [-0.39, 0.29) is 5.91 Å². The topological polar surface area (TPSA) is 80.3 Å². The average Bonchev–Trinajstić information content (AvgIpc) is 3.31. The minimum atomic E-state index is -0.0864. The highest BCUT2D eigenvalue weighted by atomic mass is 79.9. The van der Waals surface area contributed by atoms with Gasteiger partial charge in [0.2, 0.25) is 0 Å². The Balaban J connectivity index is 1.36. The maximum Gasteiger partial charge on any atom is 0.289 e. The molecule has 0 aliphatic carbocycles. The number of piperazine rings is 1. The number of carbonyl (C=O) groups is 1. The van der Waals surface area contributed by atoms with Crippen molar-refractivity contribution in [2.75, 3.05) is 31.1 Å². The molecule has 26 heavy (non-hydrogen) atoms. The van der Waals surface area contributed by atoms with E-state index in [9.17, 15) is 4.79 Å².